The second-order valence-corrected chi connectivity index (χ2v) is 6.24. The number of rotatable bonds is 3. The quantitative estimate of drug-likeness (QED) is 0.825. The number of pyridine rings is 1. The molecule has 0 spiro atoms. The molecule has 1 aliphatic heterocycles. The third-order valence-electron chi connectivity index (χ3n) is 4.47. The van der Waals surface area contributed by atoms with Crippen molar-refractivity contribution in [1.29, 1.82) is 0 Å². The van der Waals surface area contributed by atoms with E-state index in [1.807, 2.05) is 0 Å². The number of aliphatic hydroxyl groups is 1. The maximum Gasteiger partial charge on any atom is 0.139 e. The van der Waals surface area contributed by atoms with Gasteiger partial charge in [-0.1, -0.05) is 12.2 Å². The summed E-state index contributed by atoms with van der Waals surface area (Å²) in [4.78, 5) is 7.56. The lowest BCUT2D eigenvalue weighted by atomic mass is 9.97. The summed E-state index contributed by atoms with van der Waals surface area (Å²) < 4.78 is 0. The van der Waals surface area contributed by atoms with E-state index in [0.717, 1.165) is 50.2 Å². The van der Waals surface area contributed by atoms with Crippen LogP contribution in [-0.2, 0) is 12.8 Å². The van der Waals surface area contributed by atoms with Gasteiger partial charge in [0.2, 0.25) is 0 Å². The zero-order valence-corrected chi connectivity index (χ0v) is 12.5. The Balaban J connectivity index is 1.90. The molecule has 0 saturated carbocycles. The molecule has 0 aromatic carbocycles. The van der Waals surface area contributed by atoms with Crippen LogP contribution in [0.25, 0.3) is 0 Å². The SMILES string of the molecule is NC(=S)c1cc2c(nc1N1CCC(CO)CC1)CCC2. The maximum atomic E-state index is 9.24. The molecule has 1 aromatic rings. The van der Waals surface area contributed by atoms with Gasteiger partial charge in [0.25, 0.3) is 0 Å². The fourth-order valence-corrected chi connectivity index (χ4v) is 3.36. The summed E-state index contributed by atoms with van der Waals surface area (Å²) in [6.45, 7) is 2.13. The first kappa shape index (κ1) is 13.8. The summed E-state index contributed by atoms with van der Waals surface area (Å²) in [5, 5.41) is 9.24. The van der Waals surface area contributed by atoms with E-state index in [1.54, 1.807) is 0 Å². The van der Waals surface area contributed by atoms with Crippen molar-refractivity contribution in [3.63, 3.8) is 0 Å². The highest BCUT2D eigenvalue weighted by Crippen LogP contribution is 2.30. The minimum Gasteiger partial charge on any atom is -0.396 e. The van der Waals surface area contributed by atoms with Crippen LogP contribution in [0.3, 0.4) is 0 Å². The van der Waals surface area contributed by atoms with E-state index in [1.165, 1.54) is 17.7 Å². The molecule has 3 rings (SSSR count). The van der Waals surface area contributed by atoms with E-state index in [4.69, 9.17) is 22.9 Å². The molecule has 1 aromatic heterocycles. The molecule has 0 atom stereocenters. The highest BCUT2D eigenvalue weighted by atomic mass is 32.1. The van der Waals surface area contributed by atoms with E-state index in [2.05, 4.69) is 11.0 Å². The zero-order valence-electron chi connectivity index (χ0n) is 11.6. The highest BCUT2D eigenvalue weighted by Gasteiger charge is 2.24. The van der Waals surface area contributed by atoms with Crippen molar-refractivity contribution in [3.8, 4) is 0 Å². The van der Waals surface area contributed by atoms with E-state index in [0.29, 0.717) is 10.9 Å². The average molecular weight is 291 g/mol. The smallest absolute Gasteiger partial charge is 0.139 e. The topological polar surface area (TPSA) is 62.4 Å². The molecule has 2 heterocycles. The number of fused-ring (bicyclic) bond motifs is 1. The number of aryl methyl sites for hydroxylation is 2. The van der Waals surface area contributed by atoms with Crippen LogP contribution in [0.15, 0.2) is 6.07 Å². The van der Waals surface area contributed by atoms with Gasteiger partial charge in [0.1, 0.15) is 10.8 Å². The molecular weight excluding hydrogens is 270 g/mol. The number of thiocarbonyl (C=S) groups is 1. The van der Waals surface area contributed by atoms with Gasteiger partial charge < -0.3 is 15.7 Å². The average Bonchev–Trinajstić information content (AvgIpc) is 2.93. The highest BCUT2D eigenvalue weighted by molar-refractivity contribution is 7.80. The van der Waals surface area contributed by atoms with E-state index in [-0.39, 0.29) is 6.61 Å². The lowest BCUT2D eigenvalue weighted by Crippen LogP contribution is -2.36. The van der Waals surface area contributed by atoms with Gasteiger partial charge in [-0.3, -0.25) is 0 Å². The zero-order chi connectivity index (χ0) is 14.1. The standard InChI is InChI=1S/C15H21N3OS/c16-14(20)12-8-11-2-1-3-13(11)17-15(12)18-6-4-10(9-19)5-7-18/h8,10,19H,1-7,9H2,(H2,16,20). The lowest BCUT2D eigenvalue weighted by molar-refractivity contribution is 0.203. The van der Waals surface area contributed by atoms with Crippen molar-refractivity contribution >= 4 is 23.0 Å². The van der Waals surface area contributed by atoms with Crippen molar-refractivity contribution in [2.24, 2.45) is 11.7 Å². The van der Waals surface area contributed by atoms with Crippen molar-refractivity contribution < 1.29 is 5.11 Å². The summed E-state index contributed by atoms with van der Waals surface area (Å²) in [7, 11) is 0. The predicted molar refractivity (Wildman–Crippen MR) is 84.2 cm³/mol. The van der Waals surface area contributed by atoms with Crippen LogP contribution in [0, 0.1) is 5.92 Å². The van der Waals surface area contributed by atoms with E-state index >= 15 is 0 Å². The summed E-state index contributed by atoms with van der Waals surface area (Å²) >= 11 is 5.21. The Morgan fingerprint density at radius 1 is 1.40 bits per heavy atom. The molecule has 4 nitrogen and oxygen atoms in total. The molecule has 0 unspecified atom stereocenters. The van der Waals surface area contributed by atoms with Crippen LogP contribution in [0.2, 0.25) is 0 Å². The van der Waals surface area contributed by atoms with Crippen molar-refractivity contribution in [2.45, 2.75) is 32.1 Å². The van der Waals surface area contributed by atoms with Gasteiger partial charge in [-0.2, -0.15) is 0 Å². The van der Waals surface area contributed by atoms with Crippen LogP contribution in [0.1, 0.15) is 36.1 Å². The fraction of sp³-hybridized carbons (Fsp3) is 0.600. The monoisotopic (exact) mass is 291 g/mol. The van der Waals surface area contributed by atoms with Gasteiger partial charge in [-0.25, -0.2) is 4.98 Å². The van der Waals surface area contributed by atoms with Gasteiger partial charge in [0, 0.05) is 25.4 Å². The number of anilines is 1. The molecule has 1 fully saturated rings. The first-order valence-corrected chi connectivity index (χ1v) is 7.78. The Bertz CT molecular complexity index is 524. The molecule has 2 aliphatic rings. The minimum absolute atomic E-state index is 0.285. The molecule has 3 N–H and O–H groups in total. The van der Waals surface area contributed by atoms with Crippen LogP contribution in [0.5, 0.6) is 0 Å². The summed E-state index contributed by atoms with van der Waals surface area (Å²) in [6.07, 6.45) is 5.34. The molecular formula is C15H21N3OS. The molecule has 108 valence electrons. The minimum atomic E-state index is 0.285. The van der Waals surface area contributed by atoms with Crippen LogP contribution >= 0.6 is 12.2 Å². The summed E-state index contributed by atoms with van der Waals surface area (Å²) in [5.74, 6) is 1.38. The summed E-state index contributed by atoms with van der Waals surface area (Å²) in [5.41, 5.74) is 9.33. The number of aromatic nitrogens is 1. The molecule has 0 bridgehead atoms. The van der Waals surface area contributed by atoms with Crippen LogP contribution in [0.4, 0.5) is 5.82 Å². The molecule has 1 saturated heterocycles. The lowest BCUT2D eigenvalue weighted by Gasteiger charge is -2.33. The Morgan fingerprint density at radius 2 is 2.15 bits per heavy atom. The normalized spacial score (nSPS) is 19.1. The number of aliphatic hydroxyl groups excluding tert-OH is 1. The van der Waals surface area contributed by atoms with Gasteiger partial charge in [-0.05, 0) is 49.7 Å². The molecule has 0 radical (unpaired) electrons. The van der Waals surface area contributed by atoms with Crippen molar-refractivity contribution in [1.82, 2.24) is 4.98 Å². The third-order valence-corrected chi connectivity index (χ3v) is 4.69. The first-order valence-electron chi connectivity index (χ1n) is 7.37. The van der Waals surface area contributed by atoms with E-state index < -0.39 is 0 Å². The first-order chi connectivity index (χ1) is 9.69. The molecule has 1 aliphatic carbocycles. The molecule has 0 amide bonds. The largest absolute Gasteiger partial charge is 0.396 e. The number of hydrogen-bond donors (Lipinski definition) is 2. The van der Waals surface area contributed by atoms with Gasteiger partial charge >= 0.3 is 0 Å². The number of piperidine rings is 1. The Hall–Kier alpha value is -1.20. The van der Waals surface area contributed by atoms with Crippen molar-refractivity contribution in [3.05, 3.63) is 22.9 Å². The second-order valence-electron chi connectivity index (χ2n) is 5.80. The summed E-state index contributed by atoms with van der Waals surface area (Å²) in [6, 6.07) is 2.14. The number of nitrogens with two attached hydrogens (primary N) is 1. The van der Waals surface area contributed by atoms with Crippen molar-refractivity contribution in [2.75, 3.05) is 24.6 Å². The number of hydrogen-bond acceptors (Lipinski definition) is 4. The van der Waals surface area contributed by atoms with Crippen LogP contribution in [-0.4, -0.2) is 34.8 Å². The van der Waals surface area contributed by atoms with E-state index in [9.17, 15) is 5.11 Å². The number of nitrogens with zero attached hydrogens (tertiary/aromatic N) is 2. The fourth-order valence-electron chi connectivity index (χ4n) is 3.21. The molecule has 5 heteroatoms. The Morgan fingerprint density at radius 3 is 2.80 bits per heavy atom. The molecule has 20 heavy (non-hydrogen) atoms. The Labute approximate surface area is 125 Å². The second kappa shape index (κ2) is 5.66. The van der Waals surface area contributed by atoms with Gasteiger partial charge in [-0.15, -0.1) is 0 Å². The maximum absolute atomic E-state index is 9.24. The Kier molecular flexibility index (Phi) is 3.89. The van der Waals surface area contributed by atoms with Gasteiger partial charge in [0.05, 0.1) is 5.56 Å². The van der Waals surface area contributed by atoms with Gasteiger partial charge in [0.15, 0.2) is 0 Å². The third kappa shape index (κ3) is 2.52. The predicted octanol–water partition coefficient (Wildman–Crippen LogP) is 1.41. The van der Waals surface area contributed by atoms with Crippen LogP contribution < -0.4 is 10.6 Å².